The molecule has 42 heavy (non-hydrogen) atoms. The fourth-order valence-corrected chi connectivity index (χ4v) is 3.93. The van der Waals surface area contributed by atoms with Crippen LogP contribution >= 0.6 is 0 Å². The third-order valence-electron chi connectivity index (χ3n) is 6.19. The lowest BCUT2D eigenvalue weighted by molar-refractivity contribution is -0.144. The maximum absolute atomic E-state index is 12.9. The van der Waals surface area contributed by atoms with Gasteiger partial charge in [0.1, 0.15) is 36.4 Å². The van der Waals surface area contributed by atoms with Crippen LogP contribution in [0.4, 0.5) is 0 Å². The highest BCUT2D eigenvalue weighted by Crippen LogP contribution is 2.17. The molecule has 236 valence electrons. The number of aliphatic hydroxyl groups excluding tert-OH is 2. The number of amides is 6. The standard InChI is InChI=1S/C24H40N8O10/c1-11(2)7-13(28-20(37)14(8-17(25)35)29-23(40)19(26)12(3)34)21(38)31-27-9-18(36)32-6-4-5-16(32)22(39)30-15(10-33)24(41)42/h9,11-16,19,33-34H,4-8,10,26H2,1-3H3,(H2,25,35)(H,28,37)(H,29,40)(H,30,39)(H,31,38)(H,41,42)/t12-,13-,14-,15-,16-,19-/m0/s1. The van der Waals surface area contributed by atoms with E-state index in [1.807, 2.05) is 0 Å². The summed E-state index contributed by atoms with van der Waals surface area (Å²) in [6.45, 7) is 4.09. The van der Waals surface area contributed by atoms with Crippen molar-refractivity contribution in [1.82, 2.24) is 26.3 Å². The molecule has 0 aromatic heterocycles. The minimum atomic E-state index is -1.54. The van der Waals surface area contributed by atoms with Gasteiger partial charge in [0, 0.05) is 6.54 Å². The van der Waals surface area contributed by atoms with Crippen LogP contribution in [0, 0.1) is 5.92 Å². The lowest BCUT2D eigenvalue weighted by Gasteiger charge is -2.24. The van der Waals surface area contributed by atoms with Crippen LogP contribution in [0.5, 0.6) is 0 Å². The number of carbonyl (C=O) groups excluding carboxylic acids is 6. The topological polar surface area (TPSA) is 296 Å². The Morgan fingerprint density at radius 2 is 1.60 bits per heavy atom. The maximum Gasteiger partial charge on any atom is 0.328 e. The Labute approximate surface area is 241 Å². The summed E-state index contributed by atoms with van der Waals surface area (Å²) in [4.78, 5) is 86.8. The van der Waals surface area contributed by atoms with Gasteiger partial charge in [0.15, 0.2) is 0 Å². The lowest BCUT2D eigenvalue weighted by Crippen LogP contribution is -2.57. The van der Waals surface area contributed by atoms with E-state index in [2.05, 4.69) is 26.5 Å². The number of nitrogens with two attached hydrogens (primary N) is 2. The van der Waals surface area contributed by atoms with Crippen LogP contribution in [-0.2, 0) is 33.6 Å². The summed E-state index contributed by atoms with van der Waals surface area (Å²) in [5.41, 5.74) is 12.9. The number of carboxylic acids is 1. The van der Waals surface area contributed by atoms with Crippen LogP contribution in [0.15, 0.2) is 5.10 Å². The van der Waals surface area contributed by atoms with Gasteiger partial charge in [-0.1, -0.05) is 13.8 Å². The van der Waals surface area contributed by atoms with Crippen molar-refractivity contribution in [3.05, 3.63) is 0 Å². The zero-order valence-electron chi connectivity index (χ0n) is 23.6. The minimum Gasteiger partial charge on any atom is -0.480 e. The Morgan fingerprint density at radius 3 is 2.12 bits per heavy atom. The number of aliphatic carboxylic acids is 1. The molecule has 1 aliphatic heterocycles. The van der Waals surface area contributed by atoms with Gasteiger partial charge in [0.25, 0.3) is 11.8 Å². The summed E-state index contributed by atoms with van der Waals surface area (Å²) >= 11 is 0. The van der Waals surface area contributed by atoms with Crippen LogP contribution in [0.1, 0.15) is 46.5 Å². The second kappa shape index (κ2) is 16.9. The van der Waals surface area contributed by atoms with Gasteiger partial charge in [0.2, 0.25) is 23.6 Å². The SMILES string of the molecule is CC(C)C[C@H](NC(=O)[C@H](CC(N)=O)NC(=O)[C@@H](N)[C@H](C)O)C(=O)NN=CC(=O)N1CCC[C@H]1C(=O)N[C@@H](CO)C(=O)O. The number of carbonyl (C=O) groups is 7. The summed E-state index contributed by atoms with van der Waals surface area (Å²) < 4.78 is 0. The molecule has 11 N–H and O–H groups in total. The zero-order valence-corrected chi connectivity index (χ0v) is 23.6. The highest BCUT2D eigenvalue weighted by Gasteiger charge is 2.35. The normalized spacial score (nSPS) is 18.5. The highest BCUT2D eigenvalue weighted by atomic mass is 16.4. The molecule has 0 saturated carbocycles. The molecule has 1 rings (SSSR count). The van der Waals surface area contributed by atoms with E-state index in [9.17, 15) is 38.7 Å². The molecule has 1 heterocycles. The fraction of sp³-hybridized carbons (Fsp3) is 0.667. The molecule has 0 aliphatic carbocycles. The van der Waals surface area contributed by atoms with E-state index in [1.165, 1.54) is 6.92 Å². The predicted octanol–water partition coefficient (Wildman–Crippen LogP) is -4.76. The van der Waals surface area contributed by atoms with Crippen molar-refractivity contribution in [3.63, 3.8) is 0 Å². The van der Waals surface area contributed by atoms with Gasteiger partial charge >= 0.3 is 5.97 Å². The average Bonchev–Trinajstić information content (AvgIpc) is 3.39. The van der Waals surface area contributed by atoms with Crippen molar-refractivity contribution in [2.45, 2.75) is 82.8 Å². The smallest absolute Gasteiger partial charge is 0.328 e. The van der Waals surface area contributed by atoms with E-state index >= 15 is 0 Å². The minimum absolute atomic E-state index is 0.0927. The van der Waals surface area contributed by atoms with E-state index in [-0.39, 0.29) is 25.3 Å². The third-order valence-corrected chi connectivity index (χ3v) is 6.19. The number of hydrogen-bond donors (Lipinski definition) is 9. The molecule has 0 aromatic rings. The van der Waals surface area contributed by atoms with Crippen LogP contribution in [0.3, 0.4) is 0 Å². The van der Waals surface area contributed by atoms with Crippen molar-refractivity contribution in [2.75, 3.05) is 13.2 Å². The second-order valence-electron chi connectivity index (χ2n) is 10.2. The summed E-state index contributed by atoms with van der Waals surface area (Å²) in [6, 6.07) is -6.68. The number of carboxylic acid groups (broad SMARTS) is 1. The van der Waals surface area contributed by atoms with Gasteiger partial charge in [-0.15, -0.1) is 0 Å². The highest BCUT2D eigenvalue weighted by molar-refractivity contribution is 6.27. The first kappa shape index (κ1) is 35.9. The Hall–Kier alpha value is -4.16. The van der Waals surface area contributed by atoms with E-state index in [1.54, 1.807) is 13.8 Å². The first-order chi connectivity index (χ1) is 19.6. The van der Waals surface area contributed by atoms with Gasteiger partial charge < -0.3 is 47.6 Å². The average molecular weight is 601 g/mol. The number of hydrogen-bond acceptors (Lipinski definition) is 11. The quantitative estimate of drug-likeness (QED) is 0.0598. The van der Waals surface area contributed by atoms with Gasteiger partial charge in [-0.25, -0.2) is 10.2 Å². The number of rotatable bonds is 16. The Morgan fingerprint density at radius 1 is 0.976 bits per heavy atom. The van der Waals surface area contributed by atoms with Gasteiger partial charge in [-0.3, -0.25) is 28.8 Å². The molecule has 0 bridgehead atoms. The molecule has 1 aliphatic rings. The number of nitrogens with zero attached hydrogens (tertiary/aromatic N) is 2. The molecule has 18 heteroatoms. The predicted molar refractivity (Wildman–Crippen MR) is 145 cm³/mol. The second-order valence-corrected chi connectivity index (χ2v) is 10.2. The molecule has 0 aromatic carbocycles. The van der Waals surface area contributed by atoms with E-state index in [0.29, 0.717) is 6.42 Å². The zero-order chi connectivity index (χ0) is 32.1. The van der Waals surface area contributed by atoms with E-state index in [4.69, 9.17) is 21.7 Å². The molecule has 1 fully saturated rings. The van der Waals surface area contributed by atoms with Crippen molar-refractivity contribution in [2.24, 2.45) is 22.5 Å². The molecular formula is C24H40N8O10. The summed E-state index contributed by atoms with van der Waals surface area (Å²) in [5.74, 6) is -6.74. The third kappa shape index (κ3) is 11.4. The van der Waals surface area contributed by atoms with Crippen LogP contribution in [-0.4, -0.2) is 117 Å². The molecular weight excluding hydrogens is 560 g/mol. The van der Waals surface area contributed by atoms with Gasteiger partial charge in [-0.05, 0) is 32.1 Å². The maximum atomic E-state index is 12.9. The van der Waals surface area contributed by atoms with Gasteiger partial charge in [0.05, 0.1) is 19.1 Å². The fourth-order valence-electron chi connectivity index (χ4n) is 3.93. The Balaban J connectivity index is 2.91. The van der Waals surface area contributed by atoms with Crippen LogP contribution in [0.25, 0.3) is 0 Å². The molecule has 6 atom stereocenters. The largest absolute Gasteiger partial charge is 0.480 e. The molecule has 0 unspecified atom stereocenters. The molecule has 6 amide bonds. The first-order valence-corrected chi connectivity index (χ1v) is 13.2. The number of hydrazone groups is 1. The van der Waals surface area contributed by atoms with E-state index < -0.39 is 90.8 Å². The Kier molecular flexibility index (Phi) is 14.5. The summed E-state index contributed by atoms with van der Waals surface area (Å²) in [7, 11) is 0. The van der Waals surface area contributed by atoms with Crippen molar-refractivity contribution < 1.29 is 48.9 Å². The van der Waals surface area contributed by atoms with Crippen molar-refractivity contribution in [1.29, 1.82) is 0 Å². The van der Waals surface area contributed by atoms with Crippen LogP contribution < -0.4 is 32.8 Å². The number of primary amides is 1. The van der Waals surface area contributed by atoms with Crippen LogP contribution in [0.2, 0.25) is 0 Å². The van der Waals surface area contributed by atoms with Gasteiger partial charge in [-0.2, -0.15) is 5.10 Å². The monoisotopic (exact) mass is 600 g/mol. The number of aliphatic hydroxyl groups is 2. The summed E-state index contributed by atoms with van der Waals surface area (Å²) in [6.07, 6.45) is -0.364. The van der Waals surface area contributed by atoms with E-state index in [0.717, 1.165) is 11.1 Å². The first-order valence-electron chi connectivity index (χ1n) is 13.2. The Bertz CT molecular complexity index is 1050. The molecule has 1 saturated heterocycles. The van der Waals surface area contributed by atoms with Crippen molar-refractivity contribution in [3.8, 4) is 0 Å². The number of likely N-dealkylation sites (tertiary alicyclic amines) is 1. The van der Waals surface area contributed by atoms with Crippen molar-refractivity contribution >= 4 is 47.6 Å². The summed E-state index contributed by atoms with van der Waals surface area (Å²) in [5, 5.41) is 38.0. The molecule has 0 spiro atoms. The molecule has 0 radical (unpaired) electrons. The molecule has 18 nitrogen and oxygen atoms in total. The lowest BCUT2D eigenvalue weighted by atomic mass is 10.0. The number of nitrogens with one attached hydrogen (secondary N) is 4.